The molecular formula is C11H18N2O2S2. The van der Waals surface area contributed by atoms with Gasteiger partial charge in [0.15, 0.2) is 9.84 Å². The number of nitrogens with one attached hydrogen (secondary N) is 1. The lowest BCUT2D eigenvalue weighted by molar-refractivity contribution is 0.522. The molecule has 1 unspecified atom stereocenters. The molecule has 1 aliphatic rings. The van der Waals surface area contributed by atoms with E-state index in [4.69, 9.17) is 0 Å². The predicted molar refractivity (Wildman–Crippen MR) is 70.1 cm³/mol. The van der Waals surface area contributed by atoms with Crippen LogP contribution in [-0.4, -0.2) is 31.5 Å². The third-order valence-electron chi connectivity index (χ3n) is 3.04. The largest absolute Gasteiger partial charge is 0.311 e. The number of hydrogen-bond donors (Lipinski definition) is 1. The van der Waals surface area contributed by atoms with Crippen molar-refractivity contribution < 1.29 is 8.42 Å². The van der Waals surface area contributed by atoms with Crippen LogP contribution in [0.3, 0.4) is 0 Å². The molecule has 0 aliphatic carbocycles. The zero-order valence-corrected chi connectivity index (χ0v) is 11.8. The van der Waals surface area contributed by atoms with Crippen LogP contribution in [0.5, 0.6) is 0 Å². The molecule has 0 spiro atoms. The Hall–Kier alpha value is -0.460. The first-order valence-corrected chi connectivity index (χ1v) is 8.44. The van der Waals surface area contributed by atoms with Crippen LogP contribution in [0.25, 0.3) is 0 Å². The third kappa shape index (κ3) is 3.50. The molecular weight excluding hydrogens is 256 g/mol. The van der Waals surface area contributed by atoms with Crippen LogP contribution >= 0.6 is 11.3 Å². The Balaban J connectivity index is 1.79. The average Bonchev–Trinajstić information content (AvgIpc) is 2.71. The summed E-state index contributed by atoms with van der Waals surface area (Å²) in [4.78, 5) is 5.62. The van der Waals surface area contributed by atoms with Crippen molar-refractivity contribution in [3.8, 4) is 0 Å². The normalized spacial score (nSPS) is 23.1. The summed E-state index contributed by atoms with van der Waals surface area (Å²) in [5.41, 5.74) is 1.08. The van der Waals surface area contributed by atoms with Crippen molar-refractivity contribution in [1.29, 1.82) is 0 Å². The first-order chi connectivity index (χ1) is 7.96. The summed E-state index contributed by atoms with van der Waals surface area (Å²) < 4.78 is 22.6. The Morgan fingerprint density at radius 2 is 2.24 bits per heavy atom. The van der Waals surface area contributed by atoms with Crippen molar-refractivity contribution in [3.63, 3.8) is 0 Å². The number of sulfone groups is 1. The second-order valence-corrected chi connectivity index (χ2v) is 8.16. The fraction of sp³-hybridized carbons (Fsp3) is 0.727. The van der Waals surface area contributed by atoms with Gasteiger partial charge in [0.05, 0.1) is 22.2 Å². The van der Waals surface area contributed by atoms with E-state index in [0.717, 1.165) is 30.2 Å². The Morgan fingerprint density at radius 3 is 2.76 bits per heavy atom. The zero-order chi connectivity index (χ0) is 12.5. The highest BCUT2D eigenvalue weighted by Gasteiger charge is 2.27. The number of thiazole rings is 1. The molecule has 0 bridgehead atoms. The van der Waals surface area contributed by atoms with Crippen LogP contribution in [0.15, 0.2) is 0 Å². The fourth-order valence-corrected chi connectivity index (χ4v) is 4.93. The molecule has 1 saturated heterocycles. The highest BCUT2D eigenvalue weighted by Crippen LogP contribution is 2.19. The van der Waals surface area contributed by atoms with Crippen molar-refractivity contribution in [1.82, 2.24) is 10.3 Å². The molecule has 1 N–H and O–H groups in total. The van der Waals surface area contributed by atoms with E-state index in [0.29, 0.717) is 11.5 Å². The standard InChI is InChI=1S/C11H18N2O2S2/c1-8-11(16-9(2)13-8)6-12-5-10-3-4-17(14,15)7-10/h10,12H,3-7H2,1-2H3. The predicted octanol–water partition coefficient (Wildman–Crippen LogP) is 1.28. The van der Waals surface area contributed by atoms with E-state index >= 15 is 0 Å². The number of aryl methyl sites for hydroxylation is 2. The van der Waals surface area contributed by atoms with E-state index in [1.807, 2.05) is 13.8 Å². The summed E-state index contributed by atoms with van der Waals surface area (Å²) in [6.45, 7) is 5.61. The third-order valence-corrected chi connectivity index (χ3v) is 5.95. The van der Waals surface area contributed by atoms with Crippen molar-refractivity contribution >= 4 is 21.2 Å². The van der Waals surface area contributed by atoms with Crippen LogP contribution in [0.4, 0.5) is 0 Å². The highest BCUT2D eigenvalue weighted by atomic mass is 32.2. The molecule has 0 aromatic carbocycles. The SMILES string of the molecule is Cc1nc(C)c(CNCC2CCS(=O)(=O)C2)s1. The Kier molecular flexibility index (Phi) is 3.85. The van der Waals surface area contributed by atoms with Gasteiger partial charge in [0.25, 0.3) is 0 Å². The molecule has 0 saturated carbocycles. The maximum absolute atomic E-state index is 11.3. The van der Waals surface area contributed by atoms with Crippen LogP contribution in [0, 0.1) is 19.8 Å². The number of hydrogen-bond acceptors (Lipinski definition) is 5. The van der Waals surface area contributed by atoms with Gasteiger partial charge in [-0.3, -0.25) is 0 Å². The second kappa shape index (κ2) is 5.04. The van der Waals surface area contributed by atoms with Crippen molar-refractivity contribution in [2.24, 2.45) is 5.92 Å². The second-order valence-electron chi connectivity index (χ2n) is 4.64. The minimum Gasteiger partial charge on any atom is -0.311 e. The van der Waals surface area contributed by atoms with E-state index in [9.17, 15) is 8.42 Å². The molecule has 4 nitrogen and oxygen atoms in total. The molecule has 6 heteroatoms. The van der Waals surface area contributed by atoms with Gasteiger partial charge in [-0.2, -0.15) is 0 Å². The molecule has 1 aliphatic heterocycles. The molecule has 1 fully saturated rings. The minimum absolute atomic E-state index is 0.286. The summed E-state index contributed by atoms with van der Waals surface area (Å²) >= 11 is 1.70. The number of rotatable bonds is 4. The molecule has 2 heterocycles. The first-order valence-electron chi connectivity index (χ1n) is 5.80. The summed E-state index contributed by atoms with van der Waals surface area (Å²) in [5.74, 6) is 0.993. The van der Waals surface area contributed by atoms with Gasteiger partial charge in [0.1, 0.15) is 0 Å². The summed E-state index contributed by atoms with van der Waals surface area (Å²) in [6, 6.07) is 0. The van der Waals surface area contributed by atoms with Crippen molar-refractivity contribution in [3.05, 3.63) is 15.6 Å². The van der Waals surface area contributed by atoms with E-state index in [1.54, 1.807) is 11.3 Å². The van der Waals surface area contributed by atoms with Gasteiger partial charge in [-0.05, 0) is 32.7 Å². The molecule has 1 aromatic heterocycles. The Bertz CT molecular complexity index is 494. The van der Waals surface area contributed by atoms with E-state index in [2.05, 4.69) is 10.3 Å². The number of nitrogens with zero attached hydrogens (tertiary/aromatic N) is 1. The monoisotopic (exact) mass is 274 g/mol. The highest BCUT2D eigenvalue weighted by molar-refractivity contribution is 7.91. The Labute approximate surface area is 106 Å². The van der Waals surface area contributed by atoms with Gasteiger partial charge in [-0.15, -0.1) is 11.3 Å². The summed E-state index contributed by atoms with van der Waals surface area (Å²) in [5, 5.41) is 4.43. The maximum Gasteiger partial charge on any atom is 0.150 e. The van der Waals surface area contributed by atoms with Crippen LogP contribution < -0.4 is 5.32 Å². The summed E-state index contributed by atoms with van der Waals surface area (Å²) in [7, 11) is -2.74. The molecule has 2 rings (SSSR count). The molecule has 0 radical (unpaired) electrons. The molecule has 1 atom stereocenters. The van der Waals surface area contributed by atoms with Crippen molar-refractivity contribution in [2.75, 3.05) is 18.1 Å². The van der Waals surface area contributed by atoms with E-state index in [1.165, 1.54) is 4.88 Å². The maximum atomic E-state index is 11.3. The van der Waals surface area contributed by atoms with Crippen LogP contribution in [-0.2, 0) is 16.4 Å². The molecule has 17 heavy (non-hydrogen) atoms. The van der Waals surface area contributed by atoms with Crippen LogP contribution in [0.2, 0.25) is 0 Å². The summed E-state index contributed by atoms with van der Waals surface area (Å²) in [6.07, 6.45) is 0.802. The van der Waals surface area contributed by atoms with Gasteiger partial charge >= 0.3 is 0 Å². The number of aromatic nitrogens is 1. The van der Waals surface area contributed by atoms with Crippen molar-refractivity contribution in [2.45, 2.75) is 26.8 Å². The van der Waals surface area contributed by atoms with Gasteiger partial charge in [-0.25, -0.2) is 13.4 Å². The molecule has 0 amide bonds. The molecule has 1 aromatic rings. The Morgan fingerprint density at radius 1 is 1.47 bits per heavy atom. The van der Waals surface area contributed by atoms with E-state index < -0.39 is 9.84 Å². The van der Waals surface area contributed by atoms with Gasteiger partial charge in [0.2, 0.25) is 0 Å². The quantitative estimate of drug-likeness (QED) is 0.898. The topological polar surface area (TPSA) is 59.1 Å². The van der Waals surface area contributed by atoms with Gasteiger partial charge in [-0.1, -0.05) is 0 Å². The minimum atomic E-state index is -2.74. The van der Waals surface area contributed by atoms with Crippen LogP contribution in [0.1, 0.15) is 22.0 Å². The zero-order valence-electron chi connectivity index (χ0n) is 10.2. The van der Waals surface area contributed by atoms with Gasteiger partial charge in [0, 0.05) is 11.4 Å². The average molecular weight is 274 g/mol. The first kappa shape index (κ1) is 13.0. The lowest BCUT2D eigenvalue weighted by Gasteiger charge is -2.08. The van der Waals surface area contributed by atoms with E-state index in [-0.39, 0.29) is 5.92 Å². The smallest absolute Gasteiger partial charge is 0.150 e. The molecule has 96 valence electrons. The lowest BCUT2D eigenvalue weighted by atomic mass is 10.1. The lowest BCUT2D eigenvalue weighted by Crippen LogP contribution is -2.23. The van der Waals surface area contributed by atoms with Gasteiger partial charge < -0.3 is 5.32 Å². The fourth-order valence-electron chi connectivity index (χ4n) is 2.16.